The lowest BCUT2D eigenvalue weighted by Crippen LogP contribution is -2.44. The topological polar surface area (TPSA) is 29.1 Å². The van der Waals surface area contributed by atoms with Crippen LogP contribution in [-0.2, 0) is 0 Å². The van der Waals surface area contributed by atoms with Crippen LogP contribution in [0.4, 0.5) is 0 Å². The second-order valence-corrected chi connectivity index (χ2v) is 4.61. The van der Waals surface area contributed by atoms with E-state index < -0.39 is 0 Å². The summed E-state index contributed by atoms with van der Waals surface area (Å²) >= 11 is 5.74. The van der Waals surface area contributed by atoms with Crippen molar-refractivity contribution in [2.75, 3.05) is 5.88 Å². The molecule has 3 heteroatoms. The summed E-state index contributed by atoms with van der Waals surface area (Å²) in [4.78, 5) is 11.8. The molecule has 1 rings (SSSR count). The summed E-state index contributed by atoms with van der Waals surface area (Å²) in [7, 11) is 0. The molecule has 0 aliphatic heterocycles. The maximum absolute atomic E-state index is 11.8. The van der Waals surface area contributed by atoms with Crippen molar-refractivity contribution in [3.05, 3.63) is 35.4 Å². The van der Waals surface area contributed by atoms with E-state index in [4.69, 9.17) is 11.6 Å². The molecule has 0 radical (unpaired) electrons. The van der Waals surface area contributed by atoms with Crippen LogP contribution in [0, 0.1) is 6.92 Å². The Labute approximate surface area is 95.6 Å². The van der Waals surface area contributed by atoms with E-state index >= 15 is 0 Å². The average molecular weight is 226 g/mol. The number of amides is 1. The molecule has 0 spiro atoms. The largest absolute Gasteiger partial charge is 0.346 e. The molecule has 0 heterocycles. The Bertz CT molecular complexity index is 360. The van der Waals surface area contributed by atoms with E-state index in [0.717, 1.165) is 5.56 Å². The van der Waals surface area contributed by atoms with Gasteiger partial charge in [0.15, 0.2) is 0 Å². The van der Waals surface area contributed by atoms with Crippen LogP contribution in [0.25, 0.3) is 0 Å². The zero-order valence-corrected chi connectivity index (χ0v) is 10.1. The number of hydrogen-bond donors (Lipinski definition) is 1. The molecule has 1 aromatic carbocycles. The molecule has 1 amide bonds. The minimum atomic E-state index is -0.373. The summed E-state index contributed by atoms with van der Waals surface area (Å²) in [6.07, 6.45) is 0. The fraction of sp³-hybridized carbons (Fsp3) is 0.417. The molecule has 0 saturated carbocycles. The monoisotopic (exact) mass is 225 g/mol. The number of carbonyl (C=O) groups excluding carboxylic acids is 1. The molecule has 0 saturated heterocycles. The molecule has 0 atom stereocenters. The van der Waals surface area contributed by atoms with E-state index in [1.54, 1.807) is 6.07 Å². The fourth-order valence-electron chi connectivity index (χ4n) is 1.20. The number of nitrogens with one attached hydrogen (secondary N) is 1. The minimum Gasteiger partial charge on any atom is -0.346 e. The van der Waals surface area contributed by atoms with Gasteiger partial charge in [-0.2, -0.15) is 0 Å². The molecule has 0 bridgehead atoms. The van der Waals surface area contributed by atoms with Crippen molar-refractivity contribution in [2.24, 2.45) is 0 Å². The van der Waals surface area contributed by atoms with Crippen molar-refractivity contribution in [1.29, 1.82) is 0 Å². The molecule has 1 N–H and O–H groups in total. The van der Waals surface area contributed by atoms with E-state index in [0.29, 0.717) is 11.4 Å². The van der Waals surface area contributed by atoms with Gasteiger partial charge in [-0.3, -0.25) is 4.79 Å². The summed E-state index contributed by atoms with van der Waals surface area (Å²) in [6, 6.07) is 7.49. The molecule has 0 aliphatic carbocycles. The second kappa shape index (κ2) is 4.67. The summed E-state index contributed by atoms with van der Waals surface area (Å²) in [6.45, 7) is 5.75. The highest BCUT2D eigenvalue weighted by molar-refractivity contribution is 6.18. The van der Waals surface area contributed by atoms with Crippen LogP contribution >= 0.6 is 11.6 Å². The Kier molecular flexibility index (Phi) is 3.75. The molecule has 2 nitrogen and oxygen atoms in total. The molecule has 0 aromatic heterocycles. The first-order chi connectivity index (χ1) is 6.94. The van der Waals surface area contributed by atoms with Crippen molar-refractivity contribution in [3.63, 3.8) is 0 Å². The summed E-state index contributed by atoms with van der Waals surface area (Å²) < 4.78 is 0. The van der Waals surface area contributed by atoms with Crippen molar-refractivity contribution < 1.29 is 4.79 Å². The van der Waals surface area contributed by atoms with Crippen LogP contribution in [0.5, 0.6) is 0 Å². The predicted molar refractivity (Wildman–Crippen MR) is 63.4 cm³/mol. The van der Waals surface area contributed by atoms with E-state index in [2.05, 4.69) is 5.32 Å². The van der Waals surface area contributed by atoms with Crippen molar-refractivity contribution in [3.8, 4) is 0 Å². The van der Waals surface area contributed by atoms with Crippen LogP contribution in [0.3, 0.4) is 0 Å². The predicted octanol–water partition coefficient (Wildman–Crippen LogP) is 2.74. The number of benzene rings is 1. The number of alkyl halides is 1. The van der Waals surface area contributed by atoms with Crippen LogP contribution in [0.1, 0.15) is 29.8 Å². The zero-order chi connectivity index (χ0) is 11.5. The maximum Gasteiger partial charge on any atom is 0.251 e. The highest BCUT2D eigenvalue weighted by Gasteiger charge is 2.19. The molecule has 82 valence electrons. The van der Waals surface area contributed by atoms with Gasteiger partial charge in [-0.05, 0) is 32.9 Å². The van der Waals surface area contributed by atoms with E-state index in [1.807, 2.05) is 39.0 Å². The number of aryl methyl sites for hydroxylation is 1. The molecule has 1 aromatic rings. The second-order valence-electron chi connectivity index (χ2n) is 4.34. The van der Waals surface area contributed by atoms with Crippen molar-refractivity contribution >= 4 is 17.5 Å². The fourth-order valence-corrected chi connectivity index (χ4v) is 1.27. The van der Waals surface area contributed by atoms with Gasteiger partial charge in [-0.15, -0.1) is 11.6 Å². The van der Waals surface area contributed by atoms with E-state index in [-0.39, 0.29) is 11.4 Å². The van der Waals surface area contributed by atoms with Crippen molar-refractivity contribution in [1.82, 2.24) is 5.32 Å². The van der Waals surface area contributed by atoms with E-state index in [9.17, 15) is 4.79 Å². The van der Waals surface area contributed by atoms with Gasteiger partial charge in [0.25, 0.3) is 5.91 Å². The Morgan fingerprint density at radius 3 is 2.67 bits per heavy atom. The first-order valence-electron chi connectivity index (χ1n) is 4.90. The highest BCUT2D eigenvalue weighted by Crippen LogP contribution is 2.08. The normalized spacial score (nSPS) is 11.2. The Balaban J connectivity index is 2.78. The smallest absolute Gasteiger partial charge is 0.251 e. The lowest BCUT2D eigenvalue weighted by atomic mass is 10.1. The summed E-state index contributed by atoms with van der Waals surface area (Å²) in [5.74, 6) is 0.314. The molecule has 0 fully saturated rings. The molecule has 15 heavy (non-hydrogen) atoms. The maximum atomic E-state index is 11.8. The SMILES string of the molecule is Cc1cccc(C(=O)NC(C)(C)CCl)c1. The molecule has 0 aliphatic rings. The number of rotatable bonds is 3. The van der Waals surface area contributed by atoms with Gasteiger partial charge < -0.3 is 5.32 Å². The molecular formula is C12H16ClNO. The van der Waals surface area contributed by atoms with Crippen LogP contribution in [-0.4, -0.2) is 17.3 Å². The van der Waals surface area contributed by atoms with Gasteiger partial charge in [0.05, 0.1) is 0 Å². The minimum absolute atomic E-state index is 0.0793. The summed E-state index contributed by atoms with van der Waals surface area (Å²) in [5.41, 5.74) is 1.38. The van der Waals surface area contributed by atoms with Crippen LogP contribution < -0.4 is 5.32 Å². The lowest BCUT2D eigenvalue weighted by molar-refractivity contribution is 0.0920. The lowest BCUT2D eigenvalue weighted by Gasteiger charge is -2.23. The third-order valence-corrected chi connectivity index (χ3v) is 2.73. The average Bonchev–Trinajstić information content (AvgIpc) is 2.17. The standard InChI is InChI=1S/C12H16ClNO/c1-9-5-4-6-10(7-9)11(15)14-12(2,3)8-13/h4-7H,8H2,1-3H3,(H,14,15). The Morgan fingerprint density at radius 2 is 2.13 bits per heavy atom. The zero-order valence-electron chi connectivity index (χ0n) is 9.30. The first-order valence-corrected chi connectivity index (χ1v) is 5.43. The Hall–Kier alpha value is -1.02. The third-order valence-electron chi connectivity index (χ3n) is 2.07. The number of halogens is 1. The Morgan fingerprint density at radius 1 is 1.47 bits per heavy atom. The first kappa shape index (κ1) is 12.1. The molecule has 0 unspecified atom stereocenters. The number of carbonyl (C=O) groups is 1. The highest BCUT2D eigenvalue weighted by atomic mass is 35.5. The number of hydrogen-bond acceptors (Lipinski definition) is 1. The van der Waals surface area contributed by atoms with Crippen LogP contribution in [0.15, 0.2) is 24.3 Å². The molecular weight excluding hydrogens is 210 g/mol. The van der Waals surface area contributed by atoms with Gasteiger partial charge in [-0.1, -0.05) is 17.7 Å². The van der Waals surface area contributed by atoms with Gasteiger partial charge in [-0.25, -0.2) is 0 Å². The van der Waals surface area contributed by atoms with Crippen molar-refractivity contribution in [2.45, 2.75) is 26.3 Å². The summed E-state index contributed by atoms with van der Waals surface area (Å²) in [5, 5.41) is 2.88. The van der Waals surface area contributed by atoms with Gasteiger partial charge >= 0.3 is 0 Å². The van der Waals surface area contributed by atoms with E-state index in [1.165, 1.54) is 0 Å². The van der Waals surface area contributed by atoms with Crippen LogP contribution in [0.2, 0.25) is 0 Å². The third kappa shape index (κ3) is 3.56. The quantitative estimate of drug-likeness (QED) is 0.788. The van der Waals surface area contributed by atoms with Gasteiger partial charge in [0.2, 0.25) is 0 Å². The van der Waals surface area contributed by atoms with Gasteiger partial charge in [0.1, 0.15) is 0 Å². The van der Waals surface area contributed by atoms with Gasteiger partial charge in [0, 0.05) is 17.0 Å².